The standard InChI is InChI=1S/C24H27N5O2S/c1-29(20(30)7-3-2-6-19-23-18(14-32-19)27-24(31)28-23)13-16-10-12-26-22-17(16)9-8-15-5-4-11-25-21(15)22/h4-5,8-12,18-19,23H,2-3,6-7,13-14H2,1H3,(H2,27,28,31)/t18-,19-,23-/m0/s1. The van der Waals surface area contributed by atoms with E-state index in [4.69, 9.17) is 0 Å². The van der Waals surface area contributed by atoms with Crippen molar-refractivity contribution >= 4 is 45.5 Å². The number of amides is 3. The Bertz CT molecular complexity index is 1170. The molecule has 166 valence electrons. The Morgan fingerprint density at radius 3 is 2.91 bits per heavy atom. The number of fused-ring (bicyclic) bond motifs is 4. The maximum atomic E-state index is 12.7. The summed E-state index contributed by atoms with van der Waals surface area (Å²) < 4.78 is 0. The van der Waals surface area contributed by atoms with Gasteiger partial charge in [0, 0.05) is 54.2 Å². The molecule has 2 aliphatic rings. The molecule has 32 heavy (non-hydrogen) atoms. The third-order valence-corrected chi connectivity index (χ3v) is 7.98. The van der Waals surface area contributed by atoms with E-state index in [-0.39, 0.29) is 24.0 Å². The SMILES string of the molecule is CN(Cc1ccnc2c1ccc1cccnc12)C(=O)CCCC[C@@H]1SC[C@@H]2NC(=O)N[C@@H]21. The number of thioether (sulfide) groups is 1. The number of urea groups is 1. The second-order valence-corrected chi connectivity index (χ2v) is 9.90. The van der Waals surface area contributed by atoms with Crippen LogP contribution in [0.3, 0.4) is 0 Å². The molecule has 1 aromatic carbocycles. The minimum Gasteiger partial charge on any atom is -0.341 e. The van der Waals surface area contributed by atoms with E-state index in [9.17, 15) is 9.59 Å². The maximum Gasteiger partial charge on any atom is 0.315 e. The normalized spacial score (nSPS) is 22.0. The highest BCUT2D eigenvalue weighted by Crippen LogP contribution is 2.33. The van der Waals surface area contributed by atoms with Gasteiger partial charge in [-0.1, -0.05) is 24.6 Å². The highest BCUT2D eigenvalue weighted by atomic mass is 32.2. The lowest BCUT2D eigenvalue weighted by atomic mass is 10.0. The number of carbonyl (C=O) groups excluding carboxylic acids is 2. The molecule has 3 amide bonds. The van der Waals surface area contributed by atoms with E-state index in [1.807, 2.05) is 37.0 Å². The molecule has 0 radical (unpaired) electrons. The topological polar surface area (TPSA) is 87.2 Å². The second kappa shape index (κ2) is 8.94. The van der Waals surface area contributed by atoms with Crippen LogP contribution in [0.2, 0.25) is 0 Å². The molecule has 5 rings (SSSR count). The Morgan fingerprint density at radius 2 is 2.00 bits per heavy atom. The van der Waals surface area contributed by atoms with Crippen LogP contribution in [0.5, 0.6) is 0 Å². The van der Waals surface area contributed by atoms with E-state index in [2.05, 4.69) is 32.7 Å². The maximum absolute atomic E-state index is 12.7. The smallest absolute Gasteiger partial charge is 0.315 e. The summed E-state index contributed by atoms with van der Waals surface area (Å²) in [5.41, 5.74) is 2.85. The predicted octanol–water partition coefficient (Wildman–Crippen LogP) is 3.47. The summed E-state index contributed by atoms with van der Waals surface area (Å²) in [7, 11) is 1.87. The van der Waals surface area contributed by atoms with Crippen molar-refractivity contribution in [1.82, 2.24) is 25.5 Å². The number of rotatable bonds is 7. The number of nitrogens with one attached hydrogen (secondary N) is 2. The summed E-state index contributed by atoms with van der Waals surface area (Å²) in [4.78, 5) is 35.1. The first kappa shape index (κ1) is 21.0. The van der Waals surface area contributed by atoms with Gasteiger partial charge >= 0.3 is 6.03 Å². The Morgan fingerprint density at radius 1 is 1.12 bits per heavy atom. The van der Waals surface area contributed by atoms with Crippen molar-refractivity contribution in [2.45, 2.75) is 49.6 Å². The highest BCUT2D eigenvalue weighted by Gasteiger charge is 2.42. The Hall–Kier alpha value is -2.87. The minimum atomic E-state index is -0.0467. The van der Waals surface area contributed by atoms with E-state index in [1.165, 1.54) is 0 Å². The molecule has 0 spiro atoms. The average Bonchev–Trinajstić information content (AvgIpc) is 3.35. The number of unbranched alkanes of at least 4 members (excludes halogenated alkanes) is 1. The van der Waals surface area contributed by atoms with Crippen molar-refractivity contribution in [1.29, 1.82) is 0 Å². The van der Waals surface area contributed by atoms with Crippen LogP contribution in [0.1, 0.15) is 31.2 Å². The van der Waals surface area contributed by atoms with Gasteiger partial charge in [0.15, 0.2) is 0 Å². The minimum absolute atomic E-state index is 0.0467. The Balaban J connectivity index is 1.16. The molecule has 2 fully saturated rings. The van der Waals surface area contributed by atoms with Crippen LogP contribution < -0.4 is 10.6 Å². The van der Waals surface area contributed by atoms with Crippen LogP contribution in [0.15, 0.2) is 42.7 Å². The molecular formula is C24H27N5O2S. The molecule has 0 unspecified atom stereocenters. The van der Waals surface area contributed by atoms with E-state index in [1.54, 1.807) is 17.3 Å². The van der Waals surface area contributed by atoms with Crippen molar-refractivity contribution in [3.63, 3.8) is 0 Å². The zero-order chi connectivity index (χ0) is 22.1. The largest absolute Gasteiger partial charge is 0.341 e. The number of nitrogens with zero attached hydrogens (tertiary/aromatic N) is 3. The zero-order valence-corrected chi connectivity index (χ0v) is 18.9. The summed E-state index contributed by atoms with van der Waals surface area (Å²) in [5.74, 6) is 1.13. The van der Waals surface area contributed by atoms with E-state index in [0.29, 0.717) is 18.2 Å². The third kappa shape index (κ3) is 4.11. The summed E-state index contributed by atoms with van der Waals surface area (Å²) in [6.45, 7) is 0.552. The van der Waals surface area contributed by atoms with Crippen molar-refractivity contribution in [3.8, 4) is 0 Å². The fourth-order valence-electron chi connectivity index (χ4n) is 4.75. The molecule has 3 atom stereocenters. The van der Waals surface area contributed by atoms with Gasteiger partial charge in [-0.3, -0.25) is 14.8 Å². The average molecular weight is 450 g/mol. The van der Waals surface area contributed by atoms with Gasteiger partial charge in [-0.2, -0.15) is 11.8 Å². The van der Waals surface area contributed by atoms with Crippen molar-refractivity contribution in [3.05, 3.63) is 48.3 Å². The molecule has 0 aliphatic carbocycles. The molecule has 8 heteroatoms. The lowest BCUT2D eigenvalue weighted by molar-refractivity contribution is -0.130. The Labute approximate surface area is 191 Å². The van der Waals surface area contributed by atoms with Crippen molar-refractivity contribution in [2.75, 3.05) is 12.8 Å². The zero-order valence-electron chi connectivity index (χ0n) is 18.1. The molecule has 4 heterocycles. The number of benzene rings is 1. The van der Waals surface area contributed by atoms with Gasteiger partial charge in [0.25, 0.3) is 0 Å². The molecule has 2 saturated heterocycles. The first-order chi connectivity index (χ1) is 15.6. The van der Waals surface area contributed by atoms with Crippen LogP contribution in [0.4, 0.5) is 4.79 Å². The summed E-state index contributed by atoms with van der Waals surface area (Å²) >= 11 is 1.92. The highest BCUT2D eigenvalue weighted by molar-refractivity contribution is 8.00. The van der Waals surface area contributed by atoms with Gasteiger partial charge in [-0.05, 0) is 30.5 Å². The fraction of sp³-hybridized carbons (Fsp3) is 0.417. The van der Waals surface area contributed by atoms with Gasteiger partial charge < -0.3 is 15.5 Å². The molecule has 2 aromatic heterocycles. The lowest BCUT2D eigenvalue weighted by Crippen LogP contribution is -2.36. The van der Waals surface area contributed by atoms with Gasteiger partial charge in [-0.15, -0.1) is 0 Å². The van der Waals surface area contributed by atoms with Crippen molar-refractivity contribution < 1.29 is 9.59 Å². The van der Waals surface area contributed by atoms with Gasteiger partial charge in [0.2, 0.25) is 5.91 Å². The third-order valence-electron chi connectivity index (χ3n) is 6.47. The first-order valence-electron chi connectivity index (χ1n) is 11.1. The summed E-state index contributed by atoms with van der Waals surface area (Å²) in [5, 5.41) is 8.55. The molecule has 7 nitrogen and oxygen atoms in total. The molecule has 0 bridgehead atoms. The van der Waals surface area contributed by atoms with E-state index < -0.39 is 0 Å². The summed E-state index contributed by atoms with van der Waals surface area (Å²) in [6.07, 6.45) is 7.01. The van der Waals surface area contributed by atoms with Crippen LogP contribution in [0, 0.1) is 0 Å². The molecule has 0 saturated carbocycles. The molecular weight excluding hydrogens is 422 g/mol. The summed E-state index contributed by atoms with van der Waals surface area (Å²) in [6, 6.07) is 10.5. The quantitative estimate of drug-likeness (QED) is 0.328. The fourth-order valence-corrected chi connectivity index (χ4v) is 6.29. The monoisotopic (exact) mass is 449 g/mol. The van der Waals surface area contributed by atoms with Gasteiger partial charge in [0.05, 0.1) is 23.1 Å². The number of pyridine rings is 2. The number of hydrogen-bond acceptors (Lipinski definition) is 5. The van der Waals surface area contributed by atoms with Crippen molar-refractivity contribution in [2.24, 2.45) is 0 Å². The molecule has 2 N–H and O–H groups in total. The Kier molecular flexibility index (Phi) is 5.87. The predicted molar refractivity (Wildman–Crippen MR) is 127 cm³/mol. The van der Waals surface area contributed by atoms with E-state index >= 15 is 0 Å². The molecule has 2 aliphatic heterocycles. The number of aromatic nitrogens is 2. The molecule has 3 aromatic rings. The number of carbonyl (C=O) groups is 2. The second-order valence-electron chi connectivity index (χ2n) is 8.62. The van der Waals surface area contributed by atoms with Gasteiger partial charge in [-0.25, -0.2) is 4.79 Å². The van der Waals surface area contributed by atoms with Crippen LogP contribution in [-0.4, -0.2) is 56.9 Å². The van der Waals surface area contributed by atoms with Crippen LogP contribution >= 0.6 is 11.8 Å². The van der Waals surface area contributed by atoms with Gasteiger partial charge in [0.1, 0.15) is 0 Å². The van der Waals surface area contributed by atoms with Crippen LogP contribution in [0.25, 0.3) is 21.8 Å². The van der Waals surface area contributed by atoms with Crippen LogP contribution in [-0.2, 0) is 11.3 Å². The number of hydrogen-bond donors (Lipinski definition) is 2. The van der Waals surface area contributed by atoms with E-state index in [0.717, 1.165) is 52.4 Å². The first-order valence-corrected chi connectivity index (χ1v) is 12.2. The lowest BCUT2D eigenvalue weighted by Gasteiger charge is -2.19.